The third-order valence-corrected chi connectivity index (χ3v) is 4.28. The van der Waals surface area contributed by atoms with Gasteiger partial charge >= 0.3 is 0 Å². The molecule has 100 valence electrons. The van der Waals surface area contributed by atoms with E-state index in [4.69, 9.17) is 10.5 Å². The first-order valence-electron chi connectivity index (χ1n) is 6.30. The summed E-state index contributed by atoms with van der Waals surface area (Å²) in [5, 5.41) is 0. The van der Waals surface area contributed by atoms with E-state index in [0.29, 0.717) is 5.41 Å². The maximum atomic E-state index is 5.82. The Balaban J connectivity index is 1.94. The van der Waals surface area contributed by atoms with E-state index in [1.807, 2.05) is 6.07 Å². The minimum Gasteiger partial charge on any atom is -0.496 e. The number of nitrogens with two attached hydrogens (primary N) is 1. The van der Waals surface area contributed by atoms with Gasteiger partial charge in [-0.15, -0.1) is 0 Å². The molecule has 1 aromatic rings. The van der Waals surface area contributed by atoms with Crippen LogP contribution < -0.4 is 10.5 Å². The van der Waals surface area contributed by atoms with Crippen molar-refractivity contribution in [2.24, 2.45) is 11.1 Å². The minimum atomic E-state index is 0.401. The molecule has 0 bridgehead atoms. The topological polar surface area (TPSA) is 38.5 Å². The van der Waals surface area contributed by atoms with Gasteiger partial charge in [-0.25, -0.2) is 0 Å². The standard InChI is InChI=1S/C14H21BrN2O/c1-17(10-14(9-16)5-6-14)8-11-3-4-13(18-2)12(15)7-11/h3-4,7H,5-6,8-10,16H2,1-2H3. The predicted octanol–water partition coefficient (Wildman–Crippen LogP) is 2.63. The summed E-state index contributed by atoms with van der Waals surface area (Å²) in [6.45, 7) is 2.85. The zero-order chi connectivity index (χ0) is 13.2. The quantitative estimate of drug-likeness (QED) is 0.877. The first kappa shape index (κ1) is 13.8. The van der Waals surface area contributed by atoms with Crippen LogP contribution in [0.4, 0.5) is 0 Å². The van der Waals surface area contributed by atoms with Gasteiger partial charge in [-0.1, -0.05) is 6.07 Å². The molecule has 1 aliphatic carbocycles. The minimum absolute atomic E-state index is 0.401. The maximum Gasteiger partial charge on any atom is 0.133 e. The lowest BCUT2D eigenvalue weighted by atomic mass is 10.1. The van der Waals surface area contributed by atoms with Gasteiger partial charge in [-0.05, 0) is 65.5 Å². The maximum absolute atomic E-state index is 5.82. The van der Waals surface area contributed by atoms with E-state index in [2.05, 4.69) is 40.0 Å². The molecule has 0 amide bonds. The van der Waals surface area contributed by atoms with Crippen LogP contribution in [0.2, 0.25) is 0 Å². The Morgan fingerprint density at radius 2 is 2.17 bits per heavy atom. The molecule has 2 rings (SSSR count). The van der Waals surface area contributed by atoms with Gasteiger partial charge in [0.05, 0.1) is 11.6 Å². The van der Waals surface area contributed by atoms with Gasteiger partial charge in [-0.3, -0.25) is 0 Å². The Bertz CT molecular complexity index is 418. The van der Waals surface area contributed by atoms with Gasteiger partial charge in [0.15, 0.2) is 0 Å². The summed E-state index contributed by atoms with van der Waals surface area (Å²) in [6.07, 6.45) is 2.56. The molecule has 1 saturated carbocycles. The SMILES string of the molecule is COc1ccc(CN(C)CC2(CN)CC2)cc1Br. The summed E-state index contributed by atoms with van der Waals surface area (Å²) in [4.78, 5) is 2.36. The van der Waals surface area contributed by atoms with Crippen LogP contribution in [0.15, 0.2) is 22.7 Å². The molecule has 0 unspecified atom stereocenters. The van der Waals surface area contributed by atoms with E-state index >= 15 is 0 Å². The lowest BCUT2D eigenvalue weighted by Gasteiger charge is -2.22. The van der Waals surface area contributed by atoms with E-state index in [9.17, 15) is 0 Å². The molecule has 1 aromatic carbocycles. The average Bonchev–Trinajstić information content (AvgIpc) is 3.09. The normalized spacial score (nSPS) is 16.9. The number of methoxy groups -OCH3 is 1. The molecule has 0 aliphatic heterocycles. The van der Waals surface area contributed by atoms with Crippen LogP contribution in [0.1, 0.15) is 18.4 Å². The summed E-state index contributed by atoms with van der Waals surface area (Å²) < 4.78 is 6.25. The molecular formula is C14H21BrN2O. The highest BCUT2D eigenvalue weighted by atomic mass is 79.9. The zero-order valence-corrected chi connectivity index (χ0v) is 12.7. The molecule has 2 N–H and O–H groups in total. The number of hydrogen-bond acceptors (Lipinski definition) is 3. The van der Waals surface area contributed by atoms with Crippen LogP contribution in [-0.2, 0) is 6.54 Å². The first-order chi connectivity index (χ1) is 8.58. The van der Waals surface area contributed by atoms with Gasteiger partial charge in [0.25, 0.3) is 0 Å². The highest BCUT2D eigenvalue weighted by molar-refractivity contribution is 9.10. The van der Waals surface area contributed by atoms with Crippen LogP contribution in [0, 0.1) is 5.41 Å². The Morgan fingerprint density at radius 1 is 1.44 bits per heavy atom. The molecule has 1 aliphatic rings. The Kier molecular flexibility index (Phi) is 4.30. The molecule has 3 nitrogen and oxygen atoms in total. The van der Waals surface area contributed by atoms with E-state index in [1.165, 1.54) is 18.4 Å². The molecule has 18 heavy (non-hydrogen) atoms. The molecule has 0 atom stereocenters. The summed E-state index contributed by atoms with van der Waals surface area (Å²) >= 11 is 3.52. The fourth-order valence-electron chi connectivity index (χ4n) is 2.35. The monoisotopic (exact) mass is 312 g/mol. The second-order valence-corrected chi connectivity index (χ2v) is 6.20. The van der Waals surface area contributed by atoms with Crippen molar-refractivity contribution in [2.75, 3.05) is 27.2 Å². The highest BCUT2D eigenvalue weighted by Gasteiger charge is 2.41. The van der Waals surface area contributed by atoms with Crippen molar-refractivity contribution >= 4 is 15.9 Å². The summed E-state index contributed by atoms with van der Waals surface area (Å²) in [7, 11) is 3.85. The van der Waals surface area contributed by atoms with E-state index in [0.717, 1.165) is 29.9 Å². The van der Waals surface area contributed by atoms with E-state index < -0.39 is 0 Å². The Hall–Kier alpha value is -0.580. The van der Waals surface area contributed by atoms with Crippen LogP contribution in [0.3, 0.4) is 0 Å². The van der Waals surface area contributed by atoms with Crippen LogP contribution in [0.5, 0.6) is 5.75 Å². The van der Waals surface area contributed by atoms with Gasteiger partial charge in [0.2, 0.25) is 0 Å². The molecule has 4 heteroatoms. The number of benzene rings is 1. The number of rotatable bonds is 6. The third kappa shape index (κ3) is 3.25. The second-order valence-electron chi connectivity index (χ2n) is 5.35. The fraction of sp³-hybridized carbons (Fsp3) is 0.571. The summed E-state index contributed by atoms with van der Waals surface area (Å²) in [5.74, 6) is 0.877. The average molecular weight is 313 g/mol. The fourth-order valence-corrected chi connectivity index (χ4v) is 2.94. The van der Waals surface area contributed by atoms with Crippen molar-refractivity contribution in [3.8, 4) is 5.75 Å². The molecule has 0 spiro atoms. The largest absolute Gasteiger partial charge is 0.496 e. The van der Waals surface area contributed by atoms with Crippen molar-refractivity contribution in [3.05, 3.63) is 28.2 Å². The molecule has 1 fully saturated rings. The number of ether oxygens (including phenoxy) is 1. The van der Waals surface area contributed by atoms with Crippen molar-refractivity contribution in [3.63, 3.8) is 0 Å². The molecule has 0 aromatic heterocycles. The lowest BCUT2D eigenvalue weighted by molar-refractivity contribution is 0.259. The van der Waals surface area contributed by atoms with Gasteiger partial charge < -0.3 is 15.4 Å². The molecule has 0 saturated heterocycles. The number of nitrogens with zero attached hydrogens (tertiary/aromatic N) is 1. The van der Waals surface area contributed by atoms with Gasteiger partial charge in [0.1, 0.15) is 5.75 Å². The summed E-state index contributed by atoms with van der Waals surface area (Å²) in [5.41, 5.74) is 7.51. The van der Waals surface area contributed by atoms with Crippen molar-refractivity contribution in [1.82, 2.24) is 4.90 Å². The highest BCUT2D eigenvalue weighted by Crippen LogP contribution is 2.45. The molecule has 0 radical (unpaired) electrons. The van der Waals surface area contributed by atoms with Crippen molar-refractivity contribution in [2.45, 2.75) is 19.4 Å². The van der Waals surface area contributed by atoms with Crippen LogP contribution >= 0.6 is 15.9 Å². The summed E-state index contributed by atoms with van der Waals surface area (Å²) in [6, 6.07) is 6.24. The Labute approximate surface area is 117 Å². The number of halogens is 1. The van der Waals surface area contributed by atoms with E-state index in [1.54, 1.807) is 7.11 Å². The smallest absolute Gasteiger partial charge is 0.133 e. The first-order valence-corrected chi connectivity index (χ1v) is 7.09. The lowest BCUT2D eigenvalue weighted by Crippen LogP contribution is -2.31. The second kappa shape index (κ2) is 5.59. The number of hydrogen-bond donors (Lipinski definition) is 1. The predicted molar refractivity (Wildman–Crippen MR) is 77.7 cm³/mol. The third-order valence-electron chi connectivity index (χ3n) is 3.66. The van der Waals surface area contributed by atoms with Gasteiger partial charge in [0, 0.05) is 13.1 Å². The zero-order valence-electron chi connectivity index (χ0n) is 11.1. The van der Waals surface area contributed by atoms with Crippen LogP contribution in [-0.4, -0.2) is 32.1 Å². The van der Waals surface area contributed by atoms with Crippen LogP contribution in [0.25, 0.3) is 0 Å². The molecular weight excluding hydrogens is 292 g/mol. The molecule has 0 heterocycles. The van der Waals surface area contributed by atoms with Crippen molar-refractivity contribution in [1.29, 1.82) is 0 Å². The van der Waals surface area contributed by atoms with Crippen molar-refractivity contribution < 1.29 is 4.74 Å². The van der Waals surface area contributed by atoms with Gasteiger partial charge in [-0.2, -0.15) is 0 Å². The Morgan fingerprint density at radius 3 is 2.67 bits per heavy atom. The van der Waals surface area contributed by atoms with E-state index in [-0.39, 0.29) is 0 Å².